The Kier molecular flexibility index (Phi) is 20.9. The number of aliphatic imine (C=N–C) groups is 1. The highest BCUT2D eigenvalue weighted by molar-refractivity contribution is 5.89. The predicted molar refractivity (Wildman–Crippen MR) is 281 cm³/mol. The number of anilines is 1. The van der Waals surface area contributed by atoms with Crippen LogP contribution in [0.25, 0.3) is 5.70 Å². The molecule has 3 aliphatic rings. The summed E-state index contributed by atoms with van der Waals surface area (Å²) in [5, 5.41) is 15.2. The van der Waals surface area contributed by atoms with E-state index >= 15 is 0 Å². The number of methoxy groups -OCH3 is 2. The molecule has 4 heterocycles. The van der Waals surface area contributed by atoms with Crippen LogP contribution < -0.4 is 21.4 Å². The molecule has 80 heavy (non-hydrogen) atoms. The van der Waals surface area contributed by atoms with E-state index in [0.29, 0.717) is 59.8 Å². The van der Waals surface area contributed by atoms with Crippen LogP contribution in [0.2, 0.25) is 0 Å². The Morgan fingerprint density at radius 3 is 1.99 bits per heavy atom. The first-order valence-electron chi connectivity index (χ1n) is 26.0. The van der Waals surface area contributed by atoms with E-state index < -0.39 is 96.9 Å². The number of hydrogen-bond donors (Lipinski definition) is 4. The van der Waals surface area contributed by atoms with Crippen LogP contribution in [0.15, 0.2) is 77.9 Å². The number of hydrazine groups is 1. The highest BCUT2D eigenvalue weighted by Crippen LogP contribution is 2.46. The standard InChI is InChI=1S/C56H68F8N8O8/c1-53(2,55(59,60)61)43(27-48(75)78-5)50(76)69-71(24-22-35-13-16-38(17-14-35)44(65)21-23-66-51(57)58)31-46(74)39(26-45(73)49(68-52(77)79-6)54(3,4)56(62,63)64)25-36-10-7-34(8-11-36)9-12-37-15-20-47(67-28-37)70-29-40-18-19-41(30-70)72(40)42-32-80-33-42/h7-8,10-11,13-17,20-21,23,28,39-43,46,49,51,74H,18-19,22,24-27,29-33,65H2,1-6H3,(H,68,77)(H,69,76)/t39-,40?,41?,43-,46+,49-/m1/s1. The summed E-state index contributed by atoms with van der Waals surface area (Å²) < 4.78 is 127. The molecule has 436 valence electrons. The van der Waals surface area contributed by atoms with Gasteiger partial charge in [-0.3, -0.25) is 24.7 Å². The fourth-order valence-corrected chi connectivity index (χ4v) is 9.99. The molecular weight excluding hydrogens is 1060 g/mol. The fraction of sp³-hybridized carbons (Fsp3) is 0.536. The van der Waals surface area contributed by atoms with Crippen LogP contribution in [0.1, 0.15) is 81.2 Å². The number of esters is 1. The van der Waals surface area contributed by atoms with Crippen LogP contribution in [-0.2, 0) is 41.4 Å². The zero-order chi connectivity index (χ0) is 58.7. The van der Waals surface area contributed by atoms with E-state index in [4.69, 9.17) is 15.5 Å². The highest BCUT2D eigenvalue weighted by Gasteiger charge is 2.57. The Morgan fingerprint density at radius 1 is 0.850 bits per heavy atom. The third-order valence-corrected chi connectivity index (χ3v) is 15.3. The number of rotatable bonds is 23. The van der Waals surface area contributed by atoms with Crippen molar-refractivity contribution in [1.82, 2.24) is 25.6 Å². The van der Waals surface area contributed by atoms with Gasteiger partial charge in [-0.1, -0.05) is 62.1 Å². The first kappa shape index (κ1) is 62.5. The lowest BCUT2D eigenvalue weighted by Crippen LogP contribution is -2.62. The van der Waals surface area contributed by atoms with Gasteiger partial charge in [0, 0.05) is 73.9 Å². The third-order valence-electron chi connectivity index (χ3n) is 15.3. The van der Waals surface area contributed by atoms with Crippen LogP contribution in [0.3, 0.4) is 0 Å². The number of aliphatic hydroxyl groups is 1. The molecule has 3 aromatic rings. The lowest BCUT2D eigenvalue weighted by atomic mass is 9.75. The number of ether oxygens (including phenoxy) is 3. The summed E-state index contributed by atoms with van der Waals surface area (Å²) in [5.74, 6) is 0.0822. The molecule has 0 aliphatic carbocycles. The van der Waals surface area contributed by atoms with Crippen molar-refractivity contribution in [2.75, 3.05) is 58.5 Å². The van der Waals surface area contributed by atoms with Crippen molar-refractivity contribution in [3.63, 3.8) is 0 Å². The van der Waals surface area contributed by atoms with E-state index in [1.54, 1.807) is 54.7 Å². The maximum atomic E-state index is 14.6. The van der Waals surface area contributed by atoms with E-state index in [2.05, 4.69) is 41.5 Å². The molecule has 0 saturated carbocycles. The first-order valence-corrected chi connectivity index (χ1v) is 26.0. The van der Waals surface area contributed by atoms with Crippen molar-refractivity contribution in [3.05, 3.63) is 101 Å². The number of allylic oxidation sites excluding steroid dienone is 1. The summed E-state index contributed by atoms with van der Waals surface area (Å²) in [6.07, 6.45) is -9.19. The second-order valence-electron chi connectivity index (χ2n) is 21.4. The molecular formula is C56H68F8N8O8. The number of alkyl carbamates (subject to hydrolysis) is 1. The minimum atomic E-state index is -5.05. The lowest BCUT2D eigenvalue weighted by molar-refractivity contribution is -0.231. The summed E-state index contributed by atoms with van der Waals surface area (Å²) in [5.41, 5.74) is 5.44. The monoisotopic (exact) mass is 1130 g/mol. The average molecular weight is 1130 g/mol. The Balaban J connectivity index is 1.27. The molecule has 2 unspecified atom stereocenters. The number of aromatic nitrogens is 1. The van der Waals surface area contributed by atoms with Gasteiger partial charge >= 0.3 is 31.0 Å². The maximum Gasteiger partial charge on any atom is 0.407 e. The number of nitrogens with two attached hydrogens (primary N) is 1. The van der Waals surface area contributed by atoms with E-state index in [0.717, 1.165) is 90.3 Å². The quantitative estimate of drug-likeness (QED) is 0.0185. The van der Waals surface area contributed by atoms with Gasteiger partial charge in [-0.15, -0.1) is 0 Å². The smallest absolute Gasteiger partial charge is 0.407 e. The number of ketones is 1. The van der Waals surface area contributed by atoms with Gasteiger partial charge in [-0.25, -0.2) is 19.8 Å². The maximum absolute atomic E-state index is 14.6. The number of benzene rings is 2. The molecule has 1 aromatic heterocycles. The van der Waals surface area contributed by atoms with Gasteiger partial charge < -0.3 is 35.3 Å². The molecule has 0 spiro atoms. The molecule has 24 heteroatoms. The van der Waals surface area contributed by atoms with Gasteiger partial charge in [0.05, 0.1) is 62.7 Å². The largest absolute Gasteiger partial charge is 0.469 e. The van der Waals surface area contributed by atoms with Crippen molar-refractivity contribution in [1.29, 1.82) is 0 Å². The van der Waals surface area contributed by atoms with Crippen LogP contribution >= 0.6 is 0 Å². The molecule has 3 fully saturated rings. The van der Waals surface area contributed by atoms with Crippen molar-refractivity contribution in [3.8, 4) is 11.8 Å². The number of nitrogens with zero attached hydrogens (tertiary/aromatic N) is 5. The number of nitrogens with one attached hydrogen (secondary N) is 2. The summed E-state index contributed by atoms with van der Waals surface area (Å²) in [6.45, 7) is 2.32. The van der Waals surface area contributed by atoms with E-state index in [-0.39, 0.29) is 25.1 Å². The van der Waals surface area contributed by atoms with Gasteiger partial charge in [0.1, 0.15) is 11.9 Å². The van der Waals surface area contributed by atoms with Gasteiger partial charge in [-0.2, -0.15) is 35.1 Å². The molecule has 3 aliphatic heterocycles. The Morgan fingerprint density at radius 2 is 1.45 bits per heavy atom. The van der Waals surface area contributed by atoms with Gasteiger partial charge in [-0.05, 0) is 92.5 Å². The number of aliphatic hydroxyl groups excluding tert-OH is 1. The summed E-state index contributed by atoms with van der Waals surface area (Å²) in [4.78, 5) is 65.8. The number of Topliss-reactive ketones (excluding diaryl/α,β-unsaturated/α-hetero) is 1. The molecule has 2 amide bonds. The van der Waals surface area contributed by atoms with Gasteiger partial charge in [0.15, 0.2) is 5.78 Å². The molecule has 6 atom stereocenters. The predicted octanol–water partition coefficient (Wildman–Crippen LogP) is 7.26. The summed E-state index contributed by atoms with van der Waals surface area (Å²) >= 11 is 0. The minimum absolute atomic E-state index is 0.0141. The average Bonchev–Trinajstić information content (AvgIpc) is 3.80. The highest BCUT2D eigenvalue weighted by atomic mass is 19.4. The fourth-order valence-electron chi connectivity index (χ4n) is 9.99. The normalized spacial score (nSPS) is 19.0. The van der Waals surface area contributed by atoms with Gasteiger partial charge in [0.25, 0.3) is 0 Å². The lowest BCUT2D eigenvalue weighted by Gasteiger charge is -2.47. The SMILES string of the molecule is COC(=O)C[C@H](C(=O)NN(CCc1ccc(C(N)=CC=NC(F)F)cc1)C[C@H](O)[C@@H](CC(=O)[C@@H](NC(=O)OC)C(C)(C)C(F)(F)F)Cc1ccc(C#Cc2ccc(N3CC4CCC(C3)N4C3COC3)nc2)cc1)C(C)(C)C(F)(F)F. The Labute approximate surface area is 459 Å². The molecule has 0 radical (unpaired) electrons. The third kappa shape index (κ3) is 16.0. The van der Waals surface area contributed by atoms with Crippen molar-refractivity contribution >= 4 is 41.5 Å². The number of carbonyl (C=O) groups excluding carboxylic acids is 4. The Hall–Kier alpha value is -6.68. The molecule has 5 N–H and O–H groups in total. The summed E-state index contributed by atoms with van der Waals surface area (Å²) in [6, 6.07) is 15.8. The van der Waals surface area contributed by atoms with Crippen LogP contribution in [0.5, 0.6) is 0 Å². The molecule has 2 aromatic carbocycles. The van der Waals surface area contributed by atoms with Crippen molar-refractivity contribution in [2.45, 2.75) is 115 Å². The zero-order valence-corrected chi connectivity index (χ0v) is 45.3. The summed E-state index contributed by atoms with van der Waals surface area (Å²) in [7, 11) is 1.83. The number of halogens is 8. The number of alkyl halides is 8. The van der Waals surface area contributed by atoms with E-state index in [1.165, 1.54) is 0 Å². The van der Waals surface area contributed by atoms with E-state index in [1.807, 2.05) is 17.4 Å². The molecule has 6 rings (SSSR count). The number of amides is 2. The number of fused-ring (bicyclic) bond motifs is 2. The number of carbonyl (C=O) groups is 4. The van der Waals surface area contributed by atoms with Crippen LogP contribution in [0, 0.1) is 34.5 Å². The van der Waals surface area contributed by atoms with Crippen molar-refractivity contribution in [2.24, 2.45) is 33.4 Å². The second-order valence-corrected chi connectivity index (χ2v) is 21.4. The number of pyridine rings is 1. The second kappa shape index (κ2) is 26.7. The first-order chi connectivity index (χ1) is 37.6. The molecule has 3 saturated heterocycles. The van der Waals surface area contributed by atoms with Crippen LogP contribution in [0.4, 0.5) is 45.7 Å². The topological polar surface area (TPSA) is 201 Å². The molecule has 2 bridgehead atoms. The zero-order valence-electron chi connectivity index (χ0n) is 45.3. The molecule has 16 nitrogen and oxygen atoms in total. The Bertz CT molecular complexity index is 2710. The van der Waals surface area contributed by atoms with Crippen molar-refractivity contribution < 1.29 is 73.6 Å². The number of hydrogen-bond acceptors (Lipinski definition) is 14. The minimum Gasteiger partial charge on any atom is -0.469 e. The van der Waals surface area contributed by atoms with Gasteiger partial charge in [0.2, 0.25) is 5.91 Å². The number of piperazine rings is 1. The van der Waals surface area contributed by atoms with E-state index in [9.17, 15) is 59.4 Å². The van der Waals surface area contributed by atoms with Crippen LogP contribution in [-0.4, -0.2) is 153 Å².